The lowest BCUT2D eigenvalue weighted by Crippen LogP contribution is -2.28. The Morgan fingerprint density at radius 3 is 2.64 bits per heavy atom. The summed E-state index contributed by atoms with van der Waals surface area (Å²) in [5, 5.41) is 7.70. The van der Waals surface area contributed by atoms with Crippen molar-refractivity contribution in [1.29, 1.82) is 0 Å². The predicted octanol–water partition coefficient (Wildman–Crippen LogP) is 5.36. The second-order valence-corrected chi connectivity index (χ2v) is 8.65. The smallest absolute Gasteiger partial charge is 0.156 e. The highest BCUT2D eigenvalue weighted by atomic mass is 19.1. The Morgan fingerprint density at radius 2 is 2.00 bits per heavy atom. The van der Waals surface area contributed by atoms with Gasteiger partial charge in [0, 0.05) is 37.0 Å². The number of benzene rings is 2. The number of ether oxygens (including phenoxy) is 1. The minimum Gasteiger partial charge on any atom is -0.489 e. The van der Waals surface area contributed by atoms with E-state index < -0.39 is 11.6 Å². The normalized spacial score (nSPS) is 12.1. The molecule has 10 heteroatoms. The maximum Gasteiger partial charge on any atom is 0.156 e. The molecule has 1 N–H and O–H groups in total. The maximum absolute atomic E-state index is 15.3. The summed E-state index contributed by atoms with van der Waals surface area (Å²) in [6.07, 6.45) is 6.01. The molecule has 2 aromatic heterocycles. The molecular formula is C26H27F2N7O. The van der Waals surface area contributed by atoms with Crippen LogP contribution in [0.2, 0.25) is 0 Å². The van der Waals surface area contributed by atoms with Crippen molar-refractivity contribution in [3.05, 3.63) is 60.7 Å². The van der Waals surface area contributed by atoms with Gasteiger partial charge in [0.15, 0.2) is 11.6 Å². The van der Waals surface area contributed by atoms with Gasteiger partial charge in [-0.1, -0.05) is 12.7 Å². The van der Waals surface area contributed by atoms with Crippen LogP contribution in [0.15, 0.2) is 48.5 Å². The maximum atomic E-state index is 15.3. The molecule has 1 atom stereocenters. The van der Waals surface area contributed by atoms with Crippen LogP contribution in [-0.4, -0.2) is 58.1 Å². The van der Waals surface area contributed by atoms with E-state index >= 15 is 4.39 Å². The summed E-state index contributed by atoms with van der Waals surface area (Å²) in [6.45, 7) is 9.50. The minimum absolute atomic E-state index is 0.0965. The van der Waals surface area contributed by atoms with Gasteiger partial charge in [-0.05, 0) is 45.4 Å². The van der Waals surface area contributed by atoms with Gasteiger partial charge in [0.1, 0.15) is 29.7 Å². The first-order chi connectivity index (χ1) is 17.2. The zero-order chi connectivity index (χ0) is 26.0. The second-order valence-electron chi connectivity index (χ2n) is 8.65. The molecule has 0 fully saturated rings. The molecule has 1 unspecified atom stereocenters. The molecule has 4 aromatic rings. The number of fused-ring (bicyclic) bond motifs is 1. The first-order valence-corrected chi connectivity index (χ1v) is 11.2. The van der Waals surface area contributed by atoms with E-state index in [1.54, 1.807) is 10.9 Å². The lowest BCUT2D eigenvalue weighted by atomic mass is 10.1. The van der Waals surface area contributed by atoms with Gasteiger partial charge >= 0.3 is 0 Å². The minimum atomic E-state index is -0.739. The van der Waals surface area contributed by atoms with Gasteiger partial charge in [0.2, 0.25) is 0 Å². The van der Waals surface area contributed by atoms with E-state index in [-0.39, 0.29) is 28.9 Å². The number of anilines is 2. The standard InChI is InChI=1S/C26H27F2N7O/c1-7-18-24(28)21(10-19(27)25(18)29-3)33-26-23-20(30-14-31-26)8-16(17-11-32-35(6)13-17)9-22(23)36-15(2)12-34(4)5/h7-11,13-15H,1,3,12H2,2,4-6H3,(H,30,31,33). The SMILES string of the molecule is C=Cc1c(F)c(Nc2ncnc3cc(-c4cnn(C)c4)cc(OC(C)CN(C)C)c23)cc(F)c1N=C. The fraction of sp³-hybridized carbons (Fsp3) is 0.231. The van der Waals surface area contributed by atoms with Gasteiger partial charge in [-0.25, -0.2) is 18.7 Å². The molecule has 186 valence electrons. The molecule has 4 rings (SSSR count). The highest BCUT2D eigenvalue weighted by Crippen LogP contribution is 2.38. The van der Waals surface area contributed by atoms with Gasteiger partial charge in [0.05, 0.1) is 22.8 Å². The summed E-state index contributed by atoms with van der Waals surface area (Å²) in [5.74, 6) is -0.705. The summed E-state index contributed by atoms with van der Waals surface area (Å²) in [7, 11) is 5.75. The number of hydrogen-bond acceptors (Lipinski definition) is 7. The molecule has 8 nitrogen and oxygen atoms in total. The average molecular weight is 492 g/mol. The Bertz CT molecular complexity index is 1450. The number of likely N-dealkylation sites (N-methyl/N-ethyl adjacent to an activating group) is 1. The lowest BCUT2D eigenvalue weighted by molar-refractivity contribution is 0.179. The van der Waals surface area contributed by atoms with Gasteiger partial charge in [-0.3, -0.25) is 9.67 Å². The Morgan fingerprint density at radius 1 is 1.22 bits per heavy atom. The zero-order valence-corrected chi connectivity index (χ0v) is 20.6. The van der Waals surface area contributed by atoms with Gasteiger partial charge in [-0.2, -0.15) is 5.10 Å². The molecule has 0 saturated carbocycles. The topological polar surface area (TPSA) is 80.5 Å². The van der Waals surface area contributed by atoms with E-state index in [4.69, 9.17) is 4.74 Å². The number of aromatic nitrogens is 4. The average Bonchev–Trinajstić information content (AvgIpc) is 3.26. The number of halogens is 2. The quantitative estimate of drug-likeness (QED) is 0.318. The monoisotopic (exact) mass is 491 g/mol. The van der Waals surface area contributed by atoms with E-state index in [2.05, 4.69) is 38.7 Å². The molecule has 0 aliphatic carbocycles. The highest BCUT2D eigenvalue weighted by Gasteiger charge is 2.20. The van der Waals surface area contributed by atoms with Gasteiger partial charge < -0.3 is 15.0 Å². The van der Waals surface area contributed by atoms with E-state index in [0.29, 0.717) is 23.2 Å². The van der Waals surface area contributed by atoms with Crippen LogP contribution in [-0.2, 0) is 7.05 Å². The van der Waals surface area contributed by atoms with Crippen molar-refractivity contribution >= 4 is 40.9 Å². The molecule has 0 amide bonds. The van der Waals surface area contributed by atoms with E-state index in [1.807, 2.05) is 51.3 Å². The number of rotatable bonds is 9. The van der Waals surface area contributed by atoms with Crippen LogP contribution in [0.1, 0.15) is 12.5 Å². The largest absolute Gasteiger partial charge is 0.489 e. The number of nitrogens with one attached hydrogen (secondary N) is 1. The van der Waals surface area contributed by atoms with Crippen LogP contribution in [0.4, 0.5) is 26.0 Å². The number of nitrogens with zero attached hydrogens (tertiary/aromatic N) is 6. The molecule has 0 spiro atoms. The number of hydrogen-bond donors (Lipinski definition) is 1. The van der Waals surface area contributed by atoms with E-state index in [9.17, 15) is 4.39 Å². The number of aliphatic imine (C=N–C) groups is 1. The lowest BCUT2D eigenvalue weighted by Gasteiger charge is -2.21. The third-order valence-electron chi connectivity index (χ3n) is 5.53. The Kier molecular flexibility index (Phi) is 7.07. The highest BCUT2D eigenvalue weighted by molar-refractivity contribution is 5.98. The van der Waals surface area contributed by atoms with E-state index in [0.717, 1.165) is 17.2 Å². The fourth-order valence-electron chi connectivity index (χ4n) is 4.05. The van der Waals surface area contributed by atoms with Crippen molar-refractivity contribution in [2.24, 2.45) is 12.0 Å². The third-order valence-corrected chi connectivity index (χ3v) is 5.53. The van der Waals surface area contributed by atoms with E-state index in [1.165, 1.54) is 12.4 Å². The van der Waals surface area contributed by atoms with Crippen molar-refractivity contribution in [2.45, 2.75) is 13.0 Å². The summed E-state index contributed by atoms with van der Waals surface area (Å²) < 4.78 is 37.9. The molecular weight excluding hydrogens is 464 g/mol. The molecule has 0 aliphatic heterocycles. The fourth-order valence-corrected chi connectivity index (χ4v) is 4.05. The molecule has 0 saturated heterocycles. The first-order valence-electron chi connectivity index (χ1n) is 11.2. The predicted molar refractivity (Wildman–Crippen MR) is 139 cm³/mol. The van der Waals surface area contributed by atoms with Crippen LogP contribution in [0, 0.1) is 11.6 Å². The Labute approximate surface area is 208 Å². The second kappa shape index (κ2) is 10.2. The third kappa shape index (κ3) is 4.94. The van der Waals surface area contributed by atoms with Crippen molar-refractivity contribution < 1.29 is 13.5 Å². The van der Waals surface area contributed by atoms with Crippen LogP contribution in [0.5, 0.6) is 5.75 Å². The van der Waals surface area contributed by atoms with Crippen LogP contribution in [0.3, 0.4) is 0 Å². The summed E-state index contributed by atoms with van der Waals surface area (Å²) in [5.41, 5.74) is 1.87. The number of aryl methyl sites for hydroxylation is 1. The van der Waals surface area contributed by atoms with Crippen LogP contribution >= 0.6 is 0 Å². The van der Waals surface area contributed by atoms with Crippen LogP contribution < -0.4 is 10.1 Å². The van der Waals surface area contributed by atoms with Crippen LogP contribution in [0.25, 0.3) is 28.1 Å². The van der Waals surface area contributed by atoms with Gasteiger partial charge in [-0.15, -0.1) is 0 Å². The summed E-state index contributed by atoms with van der Waals surface area (Å²) >= 11 is 0. The Hall–Kier alpha value is -4.18. The van der Waals surface area contributed by atoms with Crippen molar-refractivity contribution in [3.63, 3.8) is 0 Å². The zero-order valence-electron chi connectivity index (χ0n) is 20.6. The molecule has 2 heterocycles. The molecule has 0 aliphatic rings. The summed E-state index contributed by atoms with van der Waals surface area (Å²) in [4.78, 5) is 14.4. The Balaban J connectivity index is 1.88. The van der Waals surface area contributed by atoms with Gasteiger partial charge in [0.25, 0.3) is 0 Å². The van der Waals surface area contributed by atoms with Crippen molar-refractivity contribution in [2.75, 3.05) is 26.0 Å². The molecule has 0 radical (unpaired) electrons. The first kappa shape index (κ1) is 24.9. The molecule has 0 bridgehead atoms. The molecule has 36 heavy (non-hydrogen) atoms. The van der Waals surface area contributed by atoms with Crippen molar-refractivity contribution in [1.82, 2.24) is 24.6 Å². The summed E-state index contributed by atoms with van der Waals surface area (Å²) in [6, 6.07) is 4.76. The molecule has 2 aromatic carbocycles. The van der Waals surface area contributed by atoms with Crippen molar-refractivity contribution in [3.8, 4) is 16.9 Å².